The molecule has 2 aliphatic rings. The van der Waals surface area contributed by atoms with E-state index < -0.39 is 5.60 Å². The molecule has 2 fully saturated rings. The molecule has 2 aliphatic heterocycles. The number of morpholine rings is 1. The third-order valence-corrected chi connectivity index (χ3v) is 4.16. The molecule has 2 saturated heterocycles. The van der Waals surface area contributed by atoms with Crippen molar-refractivity contribution in [2.45, 2.75) is 49.7 Å². The van der Waals surface area contributed by atoms with E-state index in [1.807, 2.05) is 20.8 Å². The van der Waals surface area contributed by atoms with Gasteiger partial charge in [0.15, 0.2) is 5.78 Å². The summed E-state index contributed by atoms with van der Waals surface area (Å²) in [5.74, 6) is 0.133. The molecule has 5 nitrogen and oxygen atoms in total. The van der Waals surface area contributed by atoms with Crippen LogP contribution in [0.15, 0.2) is 0 Å². The van der Waals surface area contributed by atoms with Gasteiger partial charge < -0.3 is 9.47 Å². The maximum Gasteiger partial charge on any atom is 0.411 e. The summed E-state index contributed by atoms with van der Waals surface area (Å²) in [7, 11) is 0. The van der Waals surface area contributed by atoms with Gasteiger partial charge in [-0.25, -0.2) is 4.79 Å². The number of carbonyl (C=O) groups excluding carboxylic acids is 2. The Balaban J connectivity index is 2.16. The Labute approximate surface area is 115 Å². The van der Waals surface area contributed by atoms with E-state index in [1.165, 1.54) is 0 Å². The van der Waals surface area contributed by atoms with E-state index in [0.717, 1.165) is 0 Å². The molecular formula is C12H18BrNO4. The van der Waals surface area contributed by atoms with E-state index in [1.54, 1.807) is 4.90 Å². The Morgan fingerprint density at radius 1 is 1.44 bits per heavy atom. The summed E-state index contributed by atoms with van der Waals surface area (Å²) in [5, 5.41) is 0. The summed E-state index contributed by atoms with van der Waals surface area (Å²) < 4.78 is 10.8. The highest BCUT2D eigenvalue weighted by molar-refractivity contribution is 9.10. The van der Waals surface area contributed by atoms with Crippen molar-refractivity contribution in [3.8, 4) is 0 Å². The van der Waals surface area contributed by atoms with E-state index >= 15 is 0 Å². The number of ether oxygens (including phenoxy) is 2. The average Bonchev–Trinajstić information content (AvgIpc) is 2.23. The number of fused-ring (bicyclic) bond motifs is 2. The number of hydrogen-bond acceptors (Lipinski definition) is 4. The number of ketones is 1. The fourth-order valence-corrected chi connectivity index (χ4v) is 2.89. The second-order valence-corrected chi connectivity index (χ2v) is 6.70. The summed E-state index contributed by atoms with van der Waals surface area (Å²) in [6.07, 6.45) is -0.0381. The molecule has 0 aromatic heterocycles. The third kappa shape index (κ3) is 2.69. The SMILES string of the molecule is CC(C)(C)OC(=O)N1C2COCC1C(Br)C(=O)C2. The number of rotatable bonds is 0. The molecule has 0 spiro atoms. The van der Waals surface area contributed by atoms with Crippen molar-refractivity contribution in [3.63, 3.8) is 0 Å². The van der Waals surface area contributed by atoms with Gasteiger partial charge in [0.2, 0.25) is 0 Å². The number of piperidine rings is 1. The minimum absolute atomic E-state index is 0.133. The normalized spacial score (nSPS) is 32.3. The molecule has 102 valence electrons. The predicted octanol–water partition coefficient (Wildman–Crippen LogP) is 1.73. The highest BCUT2D eigenvalue weighted by atomic mass is 79.9. The van der Waals surface area contributed by atoms with E-state index in [-0.39, 0.29) is 28.8 Å². The number of Topliss-reactive ketones (excluding diaryl/α,β-unsaturated/α-hetero) is 1. The first-order valence-corrected chi connectivity index (χ1v) is 6.97. The second-order valence-electron chi connectivity index (χ2n) is 5.72. The van der Waals surface area contributed by atoms with Gasteiger partial charge in [-0.2, -0.15) is 0 Å². The van der Waals surface area contributed by atoms with Crippen molar-refractivity contribution in [3.05, 3.63) is 0 Å². The molecule has 2 rings (SSSR count). The molecule has 1 amide bonds. The lowest BCUT2D eigenvalue weighted by molar-refractivity contribution is -0.132. The maximum atomic E-state index is 12.2. The fraction of sp³-hybridized carbons (Fsp3) is 0.833. The Morgan fingerprint density at radius 2 is 2.11 bits per heavy atom. The standard InChI is InChI=1S/C12H18BrNO4/c1-12(2,3)18-11(16)14-7-4-9(15)10(13)8(14)6-17-5-7/h7-8,10H,4-6H2,1-3H3. The van der Waals surface area contributed by atoms with Gasteiger partial charge in [0.05, 0.1) is 30.1 Å². The summed E-state index contributed by atoms with van der Waals surface area (Å²) in [5.41, 5.74) is -0.532. The van der Waals surface area contributed by atoms with Crippen LogP contribution in [-0.2, 0) is 14.3 Å². The Bertz CT molecular complexity index is 366. The van der Waals surface area contributed by atoms with Crippen LogP contribution in [0.2, 0.25) is 0 Å². The van der Waals surface area contributed by atoms with Crippen LogP contribution in [-0.4, -0.2) is 52.5 Å². The topological polar surface area (TPSA) is 55.8 Å². The largest absolute Gasteiger partial charge is 0.444 e. The van der Waals surface area contributed by atoms with Gasteiger partial charge in [0.25, 0.3) is 0 Å². The number of alkyl halides is 1. The number of halogens is 1. The molecule has 0 aromatic rings. The van der Waals surface area contributed by atoms with Crippen LogP contribution >= 0.6 is 15.9 Å². The molecule has 2 bridgehead atoms. The van der Waals surface area contributed by atoms with Gasteiger partial charge in [-0.1, -0.05) is 15.9 Å². The molecule has 0 N–H and O–H groups in total. The average molecular weight is 320 g/mol. The molecule has 0 aliphatic carbocycles. The number of amides is 1. The Morgan fingerprint density at radius 3 is 2.72 bits per heavy atom. The first-order chi connectivity index (χ1) is 8.29. The lowest BCUT2D eigenvalue weighted by Gasteiger charge is -2.46. The van der Waals surface area contributed by atoms with Crippen LogP contribution in [0.5, 0.6) is 0 Å². The molecule has 0 aromatic carbocycles. The first kappa shape index (κ1) is 13.8. The van der Waals surface area contributed by atoms with Gasteiger partial charge in [-0.3, -0.25) is 9.69 Å². The van der Waals surface area contributed by atoms with E-state index in [0.29, 0.717) is 19.6 Å². The van der Waals surface area contributed by atoms with Crippen molar-refractivity contribution in [1.29, 1.82) is 0 Å². The summed E-state index contributed by atoms with van der Waals surface area (Å²) >= 11 is 3.35. The molecular weight excluding hydrogens is 302 g/mol. The van der Waals surface area contributed by atoms with Crippen LogP contribution < -0.4 is 0 Å². The number of carbonyl (C=O) groups is 2. The van der Waals surface area contributed by atoms with Crippen LogP contribution in [0, 0.1) is 0 Å². The van der Waals surface area contributed by atoms with Gasteiger partial charge in [-0.15, -0.1) is 0 Å². The smallest absolute Gasteiger partial charge is 0.411 e. The van der Waals surface area contributed by atoms with Crippen LogP contribution in [0.3, 0.4) is 0 Å². The summed E-state index contributed by atoms with van der Waals surface area (Å²) in [6, 6.07) is -0.459. The van der Waals surface area contributed by atoms with Gasteiger partial charge in [-0.05, 0) is 20.8 Å². The highest BCUT2D eigenvalue weighted by Gasteiger charge is 2.47. The zero-order valence-electron chi connectivity index (χ0n) is 10.8. The predicted molar refractivity (Wildman–Crippen MR) is 68.8 cm³/mol. The van der Waals surface area contributed by atoms with Crippen molar-refractivity contribution < 1.29 is 19.1 Å². The van der Waals surface area contributed by atoms with Crippen molar-refractivity contribution >= 4 is 27.8 Å². The lowest BCUT2D eigenvalue weighted by Crippen LogP contribution is -2.64. The zero-order valence-corrected chi connectivity index (χ0v) is 12.4. The molecule has 18 heavy (non-hydrogen) atoms. The summed E-state index contributed by atoms with van der Waals surface area (Å²) in [6.45, 7) is 6.27. The molecule has 0 saturated carbocycles. The quantitative estimate of drug-likeness (QED) is 0.638. The van der Waals surface area contributed by atoms with E-state index in [4.69, 9.17) is 9.47 Å². The molecule has 3 unspecified atom stereocenters. The maximum absolute atomic E-state index is 12.2. The van der Waals surface area contributed by atoms with Crippen LogP contribution in [0.1, 0.15) is 27.2 Å². The number of hydrogen-bond donors (Lipinski definition) is 0. The van der Waals surface area contributed by atoms with Gasteiger partial charge in [0.1, 0.15) is 5.60 Å². The molecule has 0 radical (unpaired) electrons. The molecule has 2 heterocycles. The van der Waals surface area contributed by atoms with Crippen LogP contribution in [0.25, 0.3) is 0 Å². The highest BCUT2D eigenvalue weighted by Crippen LogP contribution is 2.31. The van der Waals surface area contributed by atoms with Crippen molar-refractivity contribution in [1.82, 2.24) is 4.90 Å². The Kier molecular flexibility index (Phi) is 3.69. The first-order valence-electron chi connectivity index (χ1n) is 6.05. The minimum atomic E-state index is -0.532. The summed E-state index contributed by atoms with van der Waals surface area (Å²) in [4.78, 5) is 25.3. The van der Waals surface area contributed by atoms with Gasteiger partial charge in [0, 0.05) is 6.42 Å². The lowest BCUT2D eigenvalue weighted by atomic mass is 9.93. The minimum Gasteiger partial charge on any atom is -0.444 e. The third-order valence-electron chi connectivity index (χ3n) is 3.04. The molecule has 3 atom stereocenters. The molecule has 6 heteroatoms. The van der Waals surface area contributed by atoms with E-state index in [2.05, 4.69) is 15.9 Å². The van der Waals surface area contributed by atoms with E-state index in [9.17, 15) is 9.59 Å². The zero-order chi connectivity index (χ0) is 13.5. The van der Waals surface area contributed by atoms with Crippen molar-refractivity contribution in [2.24, 2.45) is 0 Å². The Hall–Kier alpha value is -0.620. The second kappa shape index (κ2) is 4.81. The van der Waals surface area contributed by atoms with Crippen molar-refractivity contribution in [2.75, 3.05) is 13.2 Å². The monoisotopic (exact) mass is 319 g/mol. The number of nitrogens with zero attached hydrogens (tertiary/aromatic N) is 1. The van der Waals surface area contributed by atoms with Gasteiger partial charge >= 0.3 is 6.09 Å². The fourth-order valence-electron chi connectivity index (χ4n) is 2.30. The van der Waals surface area contributed by atoms with Crippen LogP contribution in [0.4, 0.5) is 4.79 Å².